The summed E-state index contributed by atoms with van der Waals surface area (Å²) in [6.45, 7) is 17.2. The van der Waals surface area contributed by atoms with Crippen LogP contribution in [0, 0.1) is 0 Å². The van der Waals surface area contributed by atoms with Gasteiger partial charge in [0.15, 0.2) is 0 Å². The Balaban J connectivity index is 1.24. The van der Waals surface area contributed by atoms with Gasteiger partial charge in [-0.15, -0.1) is 0 Å². The van der Waals surface area contributed by atoms with Crippen molar-refractivity contribution >= 4 is 33.5 Å². The largest absolute Gasteiger partial charge is 0.459 e. The summed E-state index contributed by atoms with van der Waals surface area (Å²) in [6, 6.07) is 24.0. The van der Waals surface area contributed by atoms with E-state index in [9.17, 15) is 9.59 Å². The van der Waals surface area contributed by atoms with Gasteiger partial charge in [-0.05, 0) is 112 Å². The molecule has 0 radical (unpaired) electrons. The Morgan fingerprint density at radius 3 is 1.67 bits per heavy atom. The summed E-state index contributed by atoms with van der Waals surface area (Å²) >= 11 is 0. The fraction of sp³-hybridized carbons (Fsp3) is 0.450. The second kappa shape index (κ2) is 11.5. The van der Waals surface area contributed by atoms with E-state index in [4.69, 9.17) is 9.47 Å². The maximum atomic E-state index is 13.6. The summed E-state index contributed by atoms with van der Waals surface area (Å²) in [6.07, 6.45) is 2.80. The molecule has 0 spiro atoms. The minimum Gasteiger partial charge on any atom is -0.459 e. The molecule has 0 aromatic heterocycles. The van der Waals surface area contributed by atoms with Crippen molar-refractivity contribution < 1.29 is 19.1 Å². The van der Waals surface area contributed by atoms with Gasteiger partial charge in [0.05, 0.1) is 11.1 Å². The molecule has 6 rings (SSSR count). The van der Waals surface area contributed by atoms with Crippen LogP contribution in [0.5, 0.6) is 0 Å². The molecule has 4 aromatic rings. The number of nitrogens with one attached hydrogen (secondary N) is 2. The number of rotatable bonds is 5. The molecule has 0 saturated carbocycles. The van der Waals surface area contributed by atoms with Gasteiger partial charge >= 0.3 is 11.9 Å². The number of fused-ring (bicyclic) bond motifs is 2. The van der Waals surface area contributed by atoms with E-state index in [1.807, 2.05) is 48.5 Å². The Hall–Kier alpha value is -3.74. The van der Waals surface area contributed by atoms with Crippen molar-refractivity contribution in [3.63, 3.8) is 0 Å². The second-order valence-corrected chi connectivity index (χ2v) is 16.1. The van der Waals surface area contributed by atoms with Gasteiger partial charge < -0.3 is 20.1 Å². The van der Waals surface area contributed by atoms with Crippen molar-refractivity contribution in [2.45, 2.75) is 115 Å². The van der Waals surface area contributed by atoms with Crippen LogP contribution in [0.15, 0.2) is 72.8 Å². The van der Waals surface area contributed by atoms with Crippen LogP contribution >= 0.6 is 0 Å². The predicted octanol–water partition coefficient (Wildman–Crippen LogP) is 8.59. The first-order valence-electron chi connectivity index (χ1n) is 16.5. The molecule has 2 N–H and O–H groups in total. The SMILES string of the molecule is CC1(C)CC(OC(=O)c2ccc3cc(-c4ccc(C(=O)OC5CC(C)(C)NC(C)(C)C5)c5ccccc45)ccc3c2)CC(C)(C)N1. The highest BCUT2D eigenvalue weighted by atomic mass is 16.5. The third kappa shape index (κ3) is 6.98. The van der Waals surface area contributed by atoms with Crippen LogP contribution in [0.4, 0.5) is 0 Å². The highest BCUT2D eigenvalue weighted by molar-refractivity contribution is 6.10. The van der Waals surface area contributed by atoms with Gasteiger partial charge in [0, 0.05) is 47.8 Å². The van der Waals surface area contributed by atoms with E-state index < -0.39 is 0 Å². The Labute approximate surface area is 273 Å². The second-order valence-electron chi connectivity index (χ2n) is 16.1. The van der Waals surface area contributed by atoms with Crippen LogP contribution in [0.1, 0.15) is 102 Å². The van der Waals surface area contributed by atoms with E-state index in [0.717, 1.165) is 58.4 Å². The monoisotopic (exact) mass is 620 g/mol. The summed E-state index contributed by atoms with van der Waals surface area (Å²) in [7, 11) is 0. The zero-order valence-electron chi connectivity index (χ0n) is 28.5. The number of hydrogen-bond donors (Lipinski definition) is 2. The minimum atomic E-state index is -0.283. The van der Waals surface area contributed by atoms with Gasteiger partial charge in [-0.2, -0.15) is 0 Å². The van der Waals surface area contributed by atoms with Crippen LogP contribution in [-0.4, -0.2) is 46.3 Å². The molecule has 2 heterocycles. The minimum absolute atomic E-state index is 0.101. The quantitative estimate of drug-likeness (QED) is 0.218. The van der Waals surface area contributed by atoms with E-state index >= 15 is 0 Å². The summed E-state index contributed by atoms with van der Waals surface area (Å²) < 4.78 is 12.2. The maximum absolute atomic E-state index is 13.6. The Bertz CT molecular complexity index is 1790. The highest BCUT2D eigenvalue weighted by Gasteiger charge is 2.40. The summed E-state index contributed by atoms with van der Waals surface area (Å²) in [5.74, 6) is -0.564. The first-order chi connectivity index (χ1) is 21.5. The third-order valence-electron chi connectivity index (χ3n) is 9.38. The lowest BCUT2D eigenvalue weighted by atomic mass is 9.81. The Morgan fingerprint density at radius 1 is 0.587 bits per heavy atom. The number of carbonyl (C=O) groups is 2. The van der Waals surface area contributed by atoms with Gasteiger partial charge in [0.1, 0.15) is 12.2 Å². The third-order valence-corrected chi connectivity index (χ3v) is 9.38. The fourth-order valence-electron chi connectivity index (χ4n) is 8.33. The van der Waals surface area contributed by atoms with E-state index in [-0.39, 0.29) is 46.3 Å². The molecule has 2 fully saturated rings. The van der Waals surface area contributed by atoms with Crippen molar-refractivity contribution in [3.05, 3.63) is 83.9 Å². The lowest BCUT2D eigenvalue weighted by molar-refractivity contribution is -0.00756. The zero-order chi connectivity index (χ0) is 33.1. The predicted molar refractivity (Wildman–Crippen MR) is 186 cm³/mol. The average molecular weight is 621 g/mol. The van der Waals surface area contributed by atoms with E-state index in [0.29, 0.717) is 11.1 Å². The molecular formula is C40H48N2O4. The lowest BCUT2D eigenvalue weighted by Crippen LogP contribution is -2.59. The normalized spacial score (nSPS) is 20.8. The molecule has 0 atom stereocenters. The van der Waals surface area contributed by atoms with Crippen LogP contribution in [0.2, 0.25) is 0 Å². The van der Waals surface area contributed by atoms with Crippen LogP contribution in [-0.2, 0) is 9.47 Å². The summed E-state index contributed by atoms with van der Waals surface area (Å²) in [4.78, 5) is 26.8. The number of esters is 2. The fourth-order valence-corrected chi connectivity index (χ4v) is 8.33. The van der Waals surface area contributed by atoms with Crippen LogP contribution in [0.3, 0.4) is 0 Å². The standard InChI is InChI=1S/C40H48N2O4/c1-37(2)21-29(22-38(3,4)41-37)45-35(43)28-16-14-25-19-27(15-13-26(25)20-28)31-17-18-34(33-12-10-9-11-32(31)33)36(44)46-30-23-39(5,6)42-40(7,8)24-30/h9-20,29-30,41-42H,21-24H2,1-8H3. The first kappa shape index (κ1) is 32.2. The number of hydrogen-bond acceptors (Lipinski definition) is 6. The molecule has 2 aliphatic heterocycles. The molecule has 0 unspecified atom stereocenters. The van der Waals surface area contributed by atoms with Crippen molar-refractivity contribution in [1.82, 2.24) is 10.6 Å². The molecule has 6 heteroatoms. The van der Waals surface area contributed by atoms with E-state index in [2.05, 4.69) is 90.3 Å². The highest BCUT2D eigenvalue weighted by Crippen LogP contribution is 2.36. The number of benzene rings is 4. The van der Waals surface area contributed by atoms with Crippen molar-refractivity contribution in [2.24, 2.45) is 0 Å². The first-order valence-corrected chi connectivity index (χ1v) is 16.5. The molecule has 2 aliphatic rings. The average Bonchev–Trinajstić information content (AvgIpc) is 2.92. The van der Waals surface area contributed by atoms with Crippen molar-refractivity contribution in [2.75, 3.05) is 0 Å². The smallest absolute Gasteiger partial charge is 0.339 e. The number of piperidine rings is 2. The molecule has 0 bridgehead atoms. The van der Waals surface area contributed by atoms with Gasteiger partial charge in [-0.1, -0.05) is 48.5 Å². The van der Waals surface area contributed by atoms with E-state index in [1.165, 1.54) is 0 Å². The molecule has 4 aromatic carbocycles. The van der Waals surface area contributed by atoms with Crippen LogP contribution < -0.4 is 10.6 Å². The topological polar surface area (TPSA) is 76.7 Å². The van der Waals surface area contributed by atoms with Gasteiger partial charge in [-0.25, -0.2) is 9.59 Å². The van der Waals surface area contributed by atoms with E-state index in [1.54, 1.807) is 0 Å². The van der Waals surface area contributed by atoms with Gasteiger partial charge in [0.2, 0.25) is 0 Å². The number of ether oxygens (including phenoxy) is 2. The maximum Gasteiger partial charge on any atom is 0.339 e. The molecule has 0 aliphatic carbocycles. The van der Waals surface area contributed by atoms with Crippen LogP contribution in [0.25, 0.3) is 32.7 Å². The molecule has 6 nitrogen and oxygen atoms in total. The Morgan fingerprint density at radius 2 is 1.09 bits per heavy atom. The zero-order valence-corrected chi connectivity index (χ0v) is 28.5. The van der Waals surface area contributed by atoms with Crippen molar-refractivity contribution in [1.29, 1.82) is 0 Å². The van der Waals surface area contributed by atoms with Crippen molar-refractivity contribution in [3.8, 4) is 11.1 Å². The molecule has 46 heavy (non-hydrogen) atoms. The Kier molecular flexibility index (Phi) is 8.05. The molecule has 0 amide bonds. The summed E-state index contributed by atoms with van der Waals surface area (Å²) in [5, 5.41) is 11.2. The molecular weight excluding hydrogens is 572 g/mol. The lowest BCUT2D eigenvalue weighted by Gasteiger charge is -2.45. The molecule has 242 valence electrons. The van der Waals surface area contributed by atoms with Gasteiger partial charge in [0.25, 0.3) is 0 Å². The molecule has 2 saturated heterocycles. The van der Waals surface area contributed by atoms with Gasteiger partial charge in [-0.3, -0.25) is 0 Å². The summed E-state index contributed by atoms with van der Waals surface area (Å²) in [5.41, 5.74) is 2.79. The number of carbonyl (C=O) groups excluding carboxylic acids is 2.